The van der Waals surface area contributed by atoms with Crippen molar-refractivity contribution in [3.63, 3.8) is 0 Å². The third-order valence-corrected chi connectivity index (χ3v) is 3.82. The summed E-state index contributed by atoms with van der Waals surface area (Å²) < 4.78 is 5.27. The number of nitrogens with two attached hydrogens (primary N) is 1. The minimum absolute atomic E-state index is 0.0730. The lowest BCUT2D eigenvalue weighted by atomic mass is 10.1. The van der Waals surface area contributed by atoms with E-state index in [0.29, 0.717) is 11.5 Å². The van der Waals surface area contributed by atoms with Crippen molar-refractivity contribution in [2.75, 3.05) is 32.8 Å². The Labute approximate surface area is 120 Å². The fourth-order valence-corrected chi connectivity index (χ4v) is 2.18. The minimum Gasteiger partial charge on any atom is -0.393 e. The third kappa shape index (κ3) is 6.31. The van der Waals surface area contributed by atoms with Crippen LogP contribution in [0.2, 0.25) is 0 Å². The summed E-state index contributed by atoms with van der Waals surface area (Å²) in [5, 5.41) is 3.06. The molecule has 1 heterocycles. The lowest BCUT2D eigenvalue weighted by molar-refractivity contribution is -0.123. The first-order valence-corrected chi connectivity index (χ1v) is 7.32. The van der Waals surface area contributed by atoms with Crippen LogP contribution in [-0.4, -0.2) is 54.7 Å². The second-order valence-corrected chi connectivity index (χ2v) is 5.56. The molecule has 0 aliphatic carbocycles. The molecule has 19 heavy (non-hydrogen) atoms. The number of nitrogens with one attached hydrogen (secondary N) is 1. The summed E-state index contributed by atoms with van der Waals surface area (Å²) in [5.74, 6) is 0.203. The number of likely N-dealkylation sites (N-methyl/N-ethyl adjacent to an activating group) is 1. The molecule has 0 saturated carbocycles. The van der Waals surface area contributed by atoms with Crippen LogP contribution in [0.3, 0.4) is 0 Å². The fraction of sp³-hybridized carbons (Fsp3) is 0.846. The van der Waals surface area contributed by atoms with Gasteiger partial charge in [-0.15, -0.1) is 0 Å². The highest BCUT2D eigenvalue weighted by Gasteiger charge is 2.18. The van der Waals surface area contributed by atoms with Crippen LogP contribution in [0.25, 0.3) is 0 Å². The van der Waals surface area contributed by atoms with Gasteiger partial charge in [-0.1, -0.05) is 26.1 Å². The summed E-state index contributed by atoms with van der Waals surface area (Å²) in [6, 6.07) is 0.257. The number of ether oxygens (including phenoxy) is 1. The zero-order valence-corrected chi connectivity index (χ0v) is 12.7. The summed E-state index contributed by atoms with van der Waals surface area (Å²) in [5.41, 5.74) is 5.61. The molecular weight excluding hydrogens is 262 g/mol. The van der Waals surface area contributed by atoms with Crippen LogP contribution in [0.5, 0.6) is 0 Å². The van der Waals surface area contributed by atoms with Gasteiger partial charge in [0.15, 0.2) is 0 Å². The Balaban J connectivity index is 2.33. The molecule has 0 spiro atoms. The van der Waals surface area contributed by atoms with E-state index in [4.69, 9.17) is 22.7 Å². The second kappa shape index (κ2) is 8.45. The van der Waals surface area contributed by atoms with Crippen LogP contribution in [-0.2, 0) is 9.53 Å². The van der Waals surface area contributed by atoms with E-state index in [9.17, 15) is 4.79 Å². The molecule has 0 bridgehead atoms. The normalized spacial score (nSPS) is 18.3. The first kappa shape index (κ1) is 16.3. The van der Waals surface area contributed by atoms with E-state index in [1.165, 1.54) is 0 Å². The zero-order valence-electron chi connectivity index (χ0n) is 11.9. The van der Waals surface area contributed by atoms with Crippen molar-refractivity contribution in [1.29, 1.82) is 0 Å². The molecule has 6 heteroatoms. The van der Waals surface area contributed by atoms with E-state index >= 15 is 0 Å². The predicted octanol–water partition coefficient (Wildman–Crippen LogP) is 0.526. The molecule has 1 saturated heterocycles. The molecule has 1 aliphatic rings. The Morgan fingerprint density at radius 3 is 2.68 bits per heavy atom. The molecule has 1 atom stereocenters. The Hall–Kier alpha value is -0.720. The SMILES string of the molecule is CCN(CC(=O)NC1CCOCC1)CC(C)C(N)=S. The van der Waals surface area contributed by atoms with Crippen LogP contribution in [0, 0.1) is 5.92 Å². The van der Waals surface area contributed by atoms with Crippen LogP contribution < -0.4 is 11.1 Å². The highest BCUT2D eigenvalue weighted by molar-refractivity contribution is 7.80. The van der Waals surface area contributed by atoms with Gasteiger partial charge in [-0.05, 0) is 19.4 Å². The Bertz CT molecular complexity index is 306. The molecule has 0 aromatic heterocycles. The lowest BCUT2D eigenvalue weighted by Crippen LogP contribution is -2.45. The number of nitrogens with zero attached hydrogens (tertiary/aromatic N) is 1. The Kier molecular flexibility index (Phi) is 7.27. The summed E-state index contributed by atoms with van der Waals surface area (Å²) >= 11 is 4.97. The third-order valence-electron chi connectivity index (χ3n) is 3.42. The fourth-order valence-electron chi connectivity index (χ4n) is 2.10. The van der Waals surface area contributed by atoms with Gasteiger partial charge >= 0.3 is 0 Å². The Morgan fingerprint density at radius 2 is 2.16 bits per heavy atom. The van der Waals surface area contributed by atoms with E-state index in [-0.39, 0.29) is 17.9 Å². The standard InChI is InChI=1S/C13H25N3O2S/c1-3-16(8-10(2)13(14)19)9-12(17)15-11-4-6-18-7-5-11/h10-11H,3-9H2,1-2H3,(H2,14,19)(H,15,17). The lowest BCUT2D eigenvalue weighted by Gasteiger charge is -2.26. The molecule has 1 aliphatic heterocycles. The van der Waals surface area contributed by atoms with Crippen LogP contribution in [0.4, 0.5) is 0 Å². The molecule has 1 rings (SSSR count). The van der Waals surface area contributed by atoms with Gasteiger partial charge in [0.1, 0.15) is 0 Å². The summed E-state index contributed by atoms with van der Waals surface area (Å²) in [4.78, 5) is 14.5. The first-order valence-electron chi connectivity index (χ1n) is 6.91. The topological polar surface area (TPSA) is 67.6 Å². The largest absolute Gasteiger partial charge is 0.393 e. The van der Waals surface area contributed by atoms with E-state index in [2.05, 4.69) is 10.2 Å². The average Bonchev–Trinajstić information content (AvgIpc) is 2.38. The van der Waals surface area contributed by atoms with Gasteiger partial charge in [0.2, 0.25) is 5.91 Å². The van der Waals surface area contributed by atoms with Crippen molar-refractivity contribution in [1.82, 2.24) is 10.2 Å². The van der Waals surface area contributed by atoms with E-state index < -0.39 is 0 Å². The molecule has 0 aromatic carbocycles. The monoisotopic (exact) mass is 287 g/mol. The van der Waals surface area contributed by atoms with Gasteiger partial charge in [-0.2, -0.15) is 0 Å². The Morgan fingerprint density at radius 1 is 1.53 bits per heavy atom. The molecule has 1 amide bonds. The summed E-state index contributed by atoms with van der Waals surface area (Å²) in [6.45, 7) is 7.44. The van der Waals surface area contributed by atoms with E-state index in [0.717, 1.165) is 39.1 Å². The quantitative estimate of drug-likeness (QED) is 0.669. The number of carbonyl (C=O) groups excluding carboxylic acids is 1. The predicted molar refractivity (Wildman–Crippen MR) is 80.0 cm³/mol. The molecule has 1 fully saturated rings. The van der Waals surface area contributed by atoms with Gasteiger partial charge < -0.3 is 15.8 Å². The van der Waals surface area contributed by atoms with Gasteiger partial charge in [-0.3, -0.25) is 9.69 Å². The maximum Gasteiger partial charge on any atom is 0.234 e. The number of hydrogen-bond acceptors (Lipinski definition) is 4. The highest BCUT2D eigenvalue weighted by atomic mass is 32.1. The molecule has 5 nitrogen and oxygen atoms in total. The minimum atomic E-state index is 0.0730. The maximum absolute atomic E-state index is 12.0. The maximum atomic E-state index is 12.0. The number of hydrogen-bond donors (Lipinski definition) is 2. The number of amides is 1. The van der Waals surface area contributed by atoms with Crippen molar-refractivity contribution >= 4 is 23.1 Å². The summed E-state index contributed by atoms with van der Waals surface area (Å²) in [6.07, 6.45) is 1.81. The van der Waals surface area contributed by atoms with Gasteiger partial charge in [0.05, 0.1) is 11.5 Å². The van der Waals surface area contributed by atoms with Crippen LogP contribution in [0.1, 0.15) is 26.7 Å². The molecule has 1 unspecified atom stereocenters. The number of carbonyl (C=O) groups is 1. The smallest absolute Gasteiger partial charge is 0.234 e. The van der Waals surface area contributed by atoms with Gasteiger partial charge in [-0.25, -0.2) is 0 Å². The van der Waals surface area contributed by atoms with E-state index in [1.807, 2.05) is 13.8 Å². The number of thiocarbonyl (C=S) groups is 1. The van der Waals surface area contributed by atoms with Gasteiger partial charge in [0.25, 0.3) is 0 Å². The molecule has 3 N–H and O–H groups in total. The first-order chi connectivity index (χ1) is 9.02. The zero-order chi connectivity index (χ0) is 14.3. The second-order valence-electron chi connectivity index (χ2n) is 5.09. The number of rotatable bonds is 7. The van der Waals surface area contributed by atoms with Crippen LogP contribution >= 0.6 is 12.2 Å². The van der Waals surface area contributed by atoms with Crippen molar-refractivity contribution in [3.8, 4) is 0 Å². The van der Waals surface area contributed by atoms with Crippen molar-refractivity contribution in [2.45, 2.75) is 32.7 Å². The van der Waals surface area contributed by atoms with Crippen molar-refractivity contribution in [2.24, 2.45) is 11.7 Å². The van der Waals surface area contributed by atoms with Crippen molar-refractivity contribution < 1.29 is 9.53 Å². The molecule has 0 radical (unpaired) electrons. The highest BCUT2D eigenvalue weighted by Crippen LogP contribution is 2.06. The summed E-state index contributed by atoms with van der Waals surface area (Å²) in [7, 11) is 0. The average molecular weight is 287 g/mol. The van der Waals surface area contributed by atoms with E-state index in [1.54, 1.807) is 0 Å². The van der Waals surface area contributed by atoms with Crippen molar-refractivity contribution in [3.05, 3.63) is 0 Å². The molecule has 110 valence electrons. The van der Waals surface area contributed by atoms with Crippen LogP contribution in [0.15, 0.2) is 0 Å². The molecular formula is C13H25N3O2S. The van der Waals surface area contributed by atoms with Gasteiger partial charge in [0, 0.05) is 31.7 Å². The molecule has 0 aromatic rings.